The Morgan fingerprint density at radius 2 is 1.90 bits per heavy atom. The van der Waals surface area contributed by atoms with Gasteiger partial charge >= 0.3 is 6.09 Å². The van der Waals surface area contributed by atoms with Crippen molar-refractivity contribution in [3.63, 3.8) is 0 Å². The van der Waals surface area contributed by atoms with Crippen molar-refractivity contribution in [3.05, 3.63) is 29.8 Å². The Labute approximate surface area is 120 Å². The number of hydrogen-bond acceptors (Lipinski definition) is 3. The highest BCUT2D eigenvalue weighted by Crippen LogP contribution is 2.32. The van der Waals surface area contributed by atoms with E-state index < -0.39 is 5.60 Å². The van der Waals surface area contributed by atoms with Crippen molar-refractivity contribution in [1.29, 1.82) is 0 Å². The van der Waals surface area contributed by atoms with Gasteiger partial charge in [-0.2, -0.15) is 0 Å². The molecule has 0 heterocycles. The van der Waals surface area contributed by atoms with Gasteiger partial charge in [-0.1, -0.05) is 12.1 Å². The Bertz CT molecular complexity index is 458. The van der Waals surface area contributed by atoms with Crippen molar-refractivity contribution < 1.29 is 14.6 Å². The first-order valence-corrected chi connectivity index (χ1v) is 7.09. The van der Waals surface area contributed by atoms with Crippen molar-refractivity contribution in [2.75, 3.05) is 11.4 Å². The lowest BCUT2D eigenvalue weighted by Gasteiger charge is -2.27. The van der Waals surface area contributed by atoms with Gasteiger partial charge in [0.15, 0.2) is 0 Å². The van der Waals surface area contributed by atoms with Gasteiger partial charge < -0.3 is 9.84 Å². The van der Waals surface area contributed by atoms with E-state index in [1.807, 2.05) is 45.0 Å². The first kappa shape index (κ1) is 14.9. The quantitative estimate of drug-likeness (QED) is 0.918. The van der Waals surface area contributed by atoms with E-state index in [2.05, 4.69) is 0 Å². The van der Waals surface area contributed by atoms with Crippen LogP contribution in [0.15, 0.2) is 24.3 Å². The maximum Gasteiger partial charge on any atom is 0.414 e. The van der Waals surface area contributed by atoms with Crippen LogP contribution in [0.1, 0.15) is 39.2 Å². The van der Waals surface area contributed by atoms with E-state index in [4.69, 9.17) is 9.84 Å². The molecule has 1 aliphatic carbocycles. The Morgan fingerprint density at radius 3 is 2.35 bits per heavy atom. The zero-order valence-electron chi connectivity index (χ0n) is 12.4. The minimum Gasteiger partial charge on any atom is -0.443 e. The summed E-state index contributed by atoms with van der Waals surface area (Å²) in [6.07, 6.45) is 2.04. The van der Waals surface area contributed by atoms with E-state index in [0.717, 1.165) is 11.3 Å². The first-order chi connectivity index (χ1) is 9.39. The van der Waals surface area contributed by atoms with Crippen LogP contribution in [0.3, 0.4) is 0 Å². The van der Waals surface area contributed by atoms with Crippen LogP contribution in [0.5, 0.6) is 0 Å². The molecule has 1 amide bonds. The van der Waals surface area contributed by atoms with E-state index >= 15 is 0 Å². The number of aliphatic hydroxyl groups excluding tert-OH is 1. The molecular weight excluding hydrogens is 254 g/mol. The molecule has 20 heavy (non-hydrogen) atoms. The van der Waals surface area contributed by atoms with Crippen molar-refractivity contribution >= 4 is 11.8 Å². The zero-order valence-corrected chi connectivity index (χ0v) is 12.4. The maximum absolute atomic E-state index is 12.3. The lowest BCUT2D eigenvalue weighted by Crippen LogP contribution is -2.38. The summed E-state index contributed by atoms with van der Waals surface area (Å²) in [5, 5.41) is 9.08. The number of hydrogen-bond donors (Lipinski definition) is 1. The van der Waals surface area contributed by atoms with Gasteiger partial charge in [0.05, 0.1) is 6.61 Å². The summed E-state index contributed by atoms with van der Waals surface area (Å²) >= 11 is 0. The van der Waals surface area contributed by atoms with Crippen LogP contribution in [0.25, 0.3) is 0 Å². The predicted octanol–water partition coefficient (Wildman–Crippen LogP) is 3.33. The molecule has 4 heteroatoms. The molecule has 0 saturated heterocycles. The van der Waals surface area contributed by atoms with Gasteiger partial charge in [0.25, 0.3) is 0 Å². The number of rotatable bonds is 4. The van der Waals surface area contributed by atoms with Gasteiger partial charge in [-0.15, -0.1) is 0 Å². The molecule has 0 aliphatic heterocycles. The smallest absolute Gasteiger partial charge is 0.414 e. The molecule has 1 aliphatic rings. The Morgan fingerprint density at radius 1 is 1.30 bits per heavy atom. The molecule has 1 N–H and O–H groups in total. The molecule has 1 saturated carbocycles. The molecule has 0 aromatic heterocycles. The topological polar surface area (TPSA) is 49.8 Å². The van der Waals surface area contributed by atoms with Gasteiger partial charge in [0, 0.05) is 12.2 Å². The number of anilines is 1. The second kappa shape index (κ2) is 5.83. The van der Waals surface area contributed by atoms with E-state index in [-0.39, 0.29) is 12.7 Å². The highest BCUT2D eigenvalue weighted by molar-refractivity contribution is 5.88. The van der Waals surface area contributed by atoms with Crippen molar-refractivity contribution in [1.82, 2.24) is 0 Å². The van der Waals surface area contributed by atoms with Crippen LogP contribution >= 0.6 is 0 Å². The fourth-order valence-electron chi connectivity index (χ4n) is 1.94. The van der Waals surface area contributed by atoms with E-state index in [1.165, 1.54) is 12.8 Å². The van der Waals surface area contributed by atoms with E-state index in [1.54, 1.807) is 4.90 Å². The number of benzene rings is 1. The third kappa shape index (κ3) is 4.23. The van der Waals surface area contributed by atoms with Gasteiger partial charge in [0.2, 0.25) is 0 Å². The van der Waals surface area contributed by atoms with Crippen LogP contribution in [-0.4, -0.2) is 23.3 Å². The van der Waals surface area contributed by atoms with Crippen molar-refractivity contribution in [3.8, 4) is 0 Å². The van der Waals surface area contributed by atoms with Gasteiger partial charge in [0.1, 0.15) is 5.60 Å². The Hall–Kier alpha value is -1.55. The van der Waals surface area contributed by atoms with Gasteiger partial charge in [-0.25, -0.2) is 4.79 Å². The molecule has 0 atom stereocenters. The Balaban J connectivity index is 2.14. The van der Waals surface area contributed by atoms with Crippen molar-refractivity contribution in [2.45, 2.75) is 45.8 Å². The number of carbonyl (C=O) groups excluding carboxylic acids is 1. The number of amides is 1. The van der Waals surface area contributed by atoms with Gasteiger partial charge in [-0.05, 0) is 57.2 Å². The average molecular weight is 277 g/mol. The normalized spacial score (nSPS) is 15.0. The summed E-state index contributed by atoms with van der Waals surface area (Å²) in [6.45, 7) is 6.32. The van der Waals surface area contributed by atoms with Crippen LogP contribution < -0.4 is 4.90 Å². The molecular formula is C16H23NO3. The number of carbonyl (C=O) groups is 1. The summed E-state index contributed by atoms with van der Waals surface area (Å²) in [5.41, 5.74) is 1.16. The molecule has 0 unspecified atom stereocenters. The largest absolute Gasteiger partial charge is 0.443 e. The highest BCUT2D eigenvalue weighted by Gasteiger charge is 2.30. The summed E-state index contributed by atoms with van der Waals surface area (Å²) in [5.74, 6) is 0.583. The fraction of sp³-hybridized carbons (Fsp3) is 0.562. The lowest BCUT2D eigenvalue weighted by atomic mass is 10.2. The molecule has 0 bridgehead atoms. The molecule has 0 radical (unpaired) electrons. The van der Waals surface area contributed by atoms with Crippen LogP contribution in [0.4, 0.5) is 10.5 Å². The molecule has 1 aromatic carbocycles. The second-order valence-corrected chi connectivity index (χ2v) is 6.36. The molecule has 110 valence electrons. The molecule has 0 spiro atoms. The summed E-state index contributed by atoms with van der Waals surface area (Å²) in [4.78, 5) is 14.0. The van der Waals surface area contributed by atoms with Gasteiger partial charge in [-0.3, -0.25) is 4.90 Å². The van der Waals surface area contributed by atoms with Crippen LogP contribution in [-0.2, 0) is 11.3 Å². The molecule has 2 rings (SSSR count). The summed E-state index contributed by atoms with van der Waals surface area (Å²) in [7, 11) is 0. The number of ether oxygens (including phenoxy) is 1. The summed E-state index contributed by atoms with van der Waals surface area (Å²) in [6, 6.07) is 7.38. The first-order valence-electron chi connectivity index (χ1n) is 7.09. The fourth-order valence-corrected chi connectivity index (χ4v) is 1.94. The van der Waals surface area contributed by atoms with E-state index in [0.29, 0.717) is 12.5 Å². The minimum atomic E-state index is -0.496. The third-order valence-corrected chi connectivity index (χ3v) is 3.18. The number of nitrogens with zero attached hydrogens (tertiary/aromatic N) is 1. The predicted molar refractivity (Wildman–Crippen MR) is 78.7 cm³/mol. The molecule has 1 fully saturated rings. The van der Waals surface area contributed by atoms with Crippen LogP contribution in [0, 0.1) is 5.92 Å². The van der Waals surface area contributed by atoms with Crippen LogP contribution in [0.2, 0.25) is 0 Å². The standard InChI is InChI=1S/C16H23NO3/c1-16(2,3)20-15(19)17(10-12-4-5-12)14-8-6-13(11-18)7-9-14/h6-9,12,18H,4-5,10-11H2,1-3H3. The SMILES string of the molecule is CC(C)(C)OC(=O)N(CC1CC1)c1ccc(CO)cc1. The average Bonchev–Trinajstić information content (AvgIpc) is 3.18. The Kier molecular flexibility index (Phi) is 4.33. The monoisotopic (exact) mass is 277 g/mol. The molecule has 1 aromatic rings. The second-order valence-electron chi connectivity index (χ2n) is 6.36. The lowest BCUT2D eigenvalue weighted by molar-refractivity contribution is 0.0578. The molecule has 4 nitrogen and oxygen atoms in total. The third-order valence-electron chi connectivity index (χ3n) is 3.18. The van der Waals surface area contributed by atoms with Crippen molar-refractivity contribution in [2.24, 2.45) is 5.92 Å². The minimum absolute atomic E-state index is 0.00927. The maximum atomic E-state index is 12.3. The summed E-state index contributed by atoms with van der Waals surface area (Å²) < 4.78 is 5.48. The zero-order chi connectivity index (χ0) is 14.8. The number of aliphatic hydroxyl groups is 1. The highest BCUT2D eigenvalue weighted by atomic mass is 16.6. The van der Waals surface area contributed by atoms with E-state index in [9.17, 15) is 4.79 Å².